The molecule has 0 radical (unpaired) electrons. The Hall–Kier alpha value is -3.08. The summed E-state index contributed by atoms with van der Waals surface area (Å²) in [6, 6.07) is 10.1. The lowest BCUT2D eigenvalue weighted by Gasteiger charge is -2.13. The Bertz CT molecular complexity index is 1110. The molecule has 156 valence electrons. The van der Waals surface area contributed by atoms with Gasteiger partial charge in [0.05, 0.1) is 24.2 Å². The van der Waals surface area contributed by atoms with Gasteiger partial charge in [0.1, 0.15) is 23.2 Å². The molecule has 1 aliphatic heterocycles. The third kappa shape index (κ3) is 3.84. The van der Waals surface area contributed by atoms with Gasteiger partial charge in [0.15, 0.2) is 0 Å². The summed E-state index contributed by atoms with van der Waals surface area (Å²) in [5.41, 5.74) is 12.8. The van der Waals surface area contributed by atoms with E-state index in [-0.39, 0.29) is 18.2 Å². The highest BCUT2D eigenvalue weighted by Crippen LogP contribution is 2.36. The SMILES string of the molecule is COc1cc(C)c(C)cc1-c1cc(-c2cc3n(n2)CCCNC3)c(C#N)c(N)n1.Cl. The highest BCUT2D eigenvalue weighted by Gasteiger charge is 2.20. The largest absolute Gasteiger partial charge is 0.496 e. The highest BCUT2D eigenvalue weighted by atomic mass is 35.5. The number of nitrogens with one attached hydrogen (secondary N) is 1. The molecule has 0 bridgehead atoms. The second kappa shape index (κ2) is 8.74. The highest BCUT2D eigenvalue weighted by molar-refractivity contribution is 5.85. The fourth-order valence-corrected chi connectivity index (χ4v) is 3.67. The monoisotopic (exact) mass is 424 g/mol. The van der Waals surface area contributed by atoms with Gasteiger partial charge in [0.2, 0.25) is 0 Å². The summed E-state index contributed by atoms with van der Waals surface area (Å²) >= 11 is 0. The number of rotatable bonds is 3. The van der Waals surface area contributed by atoms with Crippen molar-refractivity contribution in [2.45, 2.75) is 33.4 Å². The van der Waals surface area contributed by atoms with E-state index in [4.69, 9.17) is 15.6 Å². The first-order chi connectivity index (χ1) is 14.0. The summed E-state index contributed by atoms with van der Waals surface area (Å²) in [5, 5.41) is 17.9. The Kier molecular flexibility index (Phi) is 6.30. The van der Waals surface area contributed by atoms with Crippen LogP contribution in [0.5, 0.6) is 5.75 Å². The Morgan fingerprint density at radius 3 is 2.63 bits per heavy atom. The molecule has 3 heterocycles. The van der Waals surface area contributed by atoms with Crippen molar-refractivity contribution >= 4 is 18.2 Å². The second-order valence-corrected chi connectivity index (χ2v) is 7.34. The zero-order chi connectivity index (χ0) is 20.5. The fraction of sp³-hybridized carbons (Fsp3) is 0.318. The van der Waals surface area contributed by atoms with E-state index in [1.165, 1.54) is 0 Å². The van der Waals surface area contributed by atoms with Gasteiger partial charge in [-0.15, -0.1) is 12.4 Å². The molecule has 2 aromatic heterocycles. The first-order valence-electron chi connectivity index (χ1n) is 9.66. The number of nitrogen functional groups attached to an aromatic ring is 1. The second-order valence-electron chi connectivity index (χ2n) is 7.34. The van der Waals surface area contributed by atoms with Gasteiger partial charge in [-0.2, -0.15) is 10.4 Å². The number of ether oxygens (including phenoxy) is 1. The van der Waals surface area contributed by atoms with Gasteiger partial charge >= 0.3 is 0 Å². The van der Waals surface area contributed by atoms with Crippen LogP contribution in [0.15, 0.2) is 24.3 Å². The Morgan fingerprint density at radius 2 is 1.90 bits per heavy atom. The molecule has 7 nitrogen and oxygen atoms in total. The van der Waals surface area contributed by atoms with Crippen LogP contribution in [0.1, 0.15) is 28.8 Å². The molecular weight excluding hydrogens is 400 g/mol. The van der Waals surface area contributed by atoms with Crippen molar-refractivity contribution in [2.24, 2.45) is 0 Å². The van der Waals surface area contributed by atoms with E-state index >= 15 is 0 Å². The molecule has 0 saturated heterocycles. The first kappa shape index (κ1) is 21.6. The van der Waals surface area contributed by atoms with Crippen molar-refractivity contribution in [3.8, 4) is 34.3 Å². The maximum atomic E-state index is 9.71. The van der Waals surface area contributed by atoms with E-state index in [0.717, 1.165) is 59.9 Å². The van der Waals surface area contributed by atoms with E-state index in [1.54, 1.807) is 7.11 Å². The third-order valence-corrected chi connectivity index (χ3v) is 5.42. The minimum atomic E-state index is 0. The molecule has 3 N–H and O–H groups in total. The number of pyridine rings is 1. The van der Waals surface area contributed by atoms with Crippen molar-refractivity contribution < 1.29 is 4.74 Å². The molecule has 0 unspecified atom stereocenters. The van der Waals surface area contributed by atoms with E-state index in [9.17, 15) is 5.26 Å². The summed E-state index contributed by atoms with van der Waals surface area (Å²) < 4.78 is 7.59. The number of aromatic nitrogens is 3. The minimum absolute atomic E-state index is 0. The quantitative estimate of drug-likeness (QED) is 0.665. The van der Waals surface area contributed by atoms with Crippen LogP contribution in [0.4, 0.5) is 5.82 Å². The maximum Gasteiger partial charge on any atom is 0.142 e. The van der Waals surface area contributed by atoms with Crippen LogP contribution in [0.3, 0.4) is 0 Å². The van der Waals surface area contributed by atoms with Crippen LogP contribution < -0.4 is 15.8 Å². The number of anilines is 1. The number of methoxy groups -OCH3 is 1. The summed E-state index contributed by atoms with van der Waals surface area (Å²) in [6.45, 7) is 6.67. The molecular formula is C22H25ClN6O. The normalized spacial score (nSPS) is 13.0. The van der Waals surface area contributed by atoms with Gasteiger partial charge in [-0.1, -0.05) is 0 Å². The summed E-state index contributed by atoms with van der Waals surface area (Å²) in [5.74, 6) is 0.919. The number of hydrogen-bond donors (Lipinski definition) is 2. The van der Waals surface area contributed by atoms with Gasteiger partial charge in [0, 0.05) is 24.2 Å². The van der Waals surface area contributed by atoms with E-state index in [1.807, 2.05) is 42.8 Å². The molecule has 0 aliphatic carbocycles. The van der Waals surface area contributed by atoms with Crippen molar-refractivity contribution in [1.29, 1.82) is 5.26 Å². The van der Waals surface area contributed by atoms with Crippen molar-refractivity contribution in [1.82, 2.24) is 20.1 Å². The minimum Gasteiger partial charge on any atom is -0.496 e. The molecule has 0 atom stereocenters. The summed E-state index contributed by atoms with van der Waals surface area (Å²) in [6.07, 6.45) is 1.02. The topological polar surface area (TPSA) is 102 Å². The molecule has 0 spiro atoms. The Labute approximate surface area is 182 Å². The van der Waals surface area contributed by atoms with Gasteiger partial charge in [-0.25, -0.2) is 4.98 Å². The lowest BCUT2D eigenvalue weighted by Crippen LogP contribution is -2.11. The van der Waals surface area contributed by atoms with Crippen LogP contribution in [-0.2, 0) is 13.1 Å². The van der Waals surface area contributed by atoms with E-state index in [2.05, 4.69) is 16.4 Å². The number of benzene rings is 1. The zero-order valence-electron chi connectivity index (χ0n) is 17.3. The molecule has 3 aromatic rings. The number of halogens is 1. The number of hydrogen-bond acceptors (Lipinski definition) is 6. The third-order valence-electron chi connectivity index (χ3n) is 5.42. The van der Waals surface area contributed by atoms with Crippen LogP contribution in [0, 0.1) is 25.2 Å². The molecule has 30 heavy (non-hydrogen) atoms. The molecule has 4 rings (SSSR count). The summed E-state index contributed by atoms with van der Waals surface area (Å²) in [4.78, 5) is 4.51. The van der Waals surface area contributed by atoms with Crippen LogP contribution in [-0.4, -0.2) is 28.4 Å². The molecule has 0 saturated carbocycles. The average Bonchev–Trinajstić information content (AvgIpc) is 2.99. The van der Waals surface area contributed by atoms with Gasteiger partial charge in [-0.05, 0) is 62.2 Å². The Balaban J connectivity index is 0.00000256. The average molecular weight is 425 g/mol. The van der Waals surface area contributed by atoms with Crippen molar-refractivity contribution in [3.63, 3.8) is 0 Å². The van der Waals surface area contributed by atoms with Gasteiger partial charge < -0.3 is 15.8 Å². The Morgan fingerprint density at radius 1 is 1.13 bits per heavy atom. The van der Waals surface area contributed by atoms with Crippen molar-refractivity contribution in [3.05, 3.63) is 46.6 Å². The molecule has 0 amide bonds. The lowest BCUT2D eigenvalue weighted by molar-refractivity contribution is 0.416. The smallest absolute Gasteiger partial charge is 0.142 e. The number of nitriles is 1. The number of aryl methyl sites for hydroxylation is 3. The maximum absolute atomic E-state index is 9.71. The standard InChI is InChI=1S/C22H24N6O.ClH/c1-13-7-17(21(29-3)8-14(13)2)19-10-16(18(11-23)22(24)26-19)20-9-15-12-25-5-4-6-28(15)27-20;/h7-10,25H,4-6,12H2,1-3H3,(H2,24,26);1H. The van der Waals surface area contributed by atoms with E-state index < -0.39 is 0 Å². The molecule has 0 fully saturated rings. The number of nitrogens with two attached hydrogens (primary N) is 1. The van der Waals surface area contributed by atoms with Crippen LogP contribution >= 0.6 is 12.4 Å². The van der Waals surface area contributed by atoms with Crippen LogP contribution in [0.2, 0.25) is 0 Å². The number of fused-ring (bicyclic) bond motifs is 1. The molecule has 8 heteroatoms. The van der Waals surface area contributed by atoms with Crippen LogP contribution in [0.25, 0.3) is 22.5 Å². The van der Waals surface area contributed by atoms with Gasteiger partial charge in [0.25, 0.3) is 0 Å². The van der Waals surface area contributed by atoms with Gasteiger partial charge in [-0.3, -0.25) is 4.68 Å². The molecule has 1 aromatic carbocycles. The predicted octanol–water partition coefficient (Wildman–Crippen LogP) is 3.61. The number of nitrogens with zero attached hydrogens (tertiary/aromatic N) is 4. The predicted molar refractivity (Wildman–Crippen MR) is 120 cm³/mol. The van der Waals surface area contributed by atoms with E-state index in [0.29, 0.717) is 16.8 Å². The zero-order valence-corrected chi connectivity index (χ0v) is 18.1. The first-order valence-corrected chi connectivity index (χ1v) is 9.66. The fourth-order valence-electron chi connectivity index (χ4n) is 3.67. The lowest BCUT2D eigenvalue weighted by atomic mass is 9.99. The summed E-state index contributed by atoms with van der Waals surface area (Å²) in [7, 11) is 1.64. The van der Waals surface area contributed by atoms with Crippen molar-refractivity contribution in [2.75, 3.05) is 19.4 Å². The molecule has 1 aliphatic rings.